The van der Waals surface area contributed by atoms with Gasteiger partial charge in [-0.2, -0.15) is 0 Å². The SMILES string of the molecule is C=C(CC(C)(C)C(=O)OCC(O)COC(=O)C(=C)CC(C)(C)C(=O)OCC(O)COC(=O)C(=C)CC(C)(C)C(=O)OCC(O)COC(=O)C(C)(C)CC(=C)C(=O)OCC1CO1)C(=O)OCC(O)COC(=O)C(C)(C)CC(=C)C(=O)OCC1CO1. The number of ether oxygens (including phenoxy) is 12. The van der Waals surface area contributed by atoms with Crippen molar-refractivity contribution in [3.8, 4) is 0 Å². The smallest absolute Gasteiger partial charge is 0.333 e. The summed E-state index contributed by atoms with van der Waals surface area (Å²) in [7, 11) is 0. The molecule has 2 aliphatic rings. The molecule has 0 aliphatic carbocycles. The third-order valence-corrected chi connectivity index (χ3v) is 12.3. The van der Waals surface area contributed by atoms with Gasteiger partial charge in [0.1, 0.15) is 103 Å². The molecule has 6 unspecified atom stereocenters. The van der Waals surface area contributed by atoms with E-state index in [4.69, 9.17) is 56.8 Å². The number of hydrogen-bond acceptors (Lipinski definition) is 26. The van der Waals surface area contributed by atoms with Gasteiger partial charge in [0.25, 0.3) is 0 Å². The zero-order chi connectivity index (χ0) is 64.1. The van der Waals surface area contributed by atoms with Crippen LogP contribution in [0.25, 0.3) is 0 Å². The van der Waals surface area contributed by atoms with Gasteiger partial charge in [-0.25, -0.2) is 24.0 Å². The van der Waals surface area contributed by atoms with E-state index in [1.54, 1.807) is 0 Å². The molecule has 0 aromatic heterocycles. The Morgan fingerprint density at radius 2 is 0.488 bits per heavy atom. The summed E-state index contributed by atoms with van der Waals surface area (Å²) < 4.78 is 61.3. The van der Waals surface area contributed by atoms with E-state index in [1.165, 1.54) is 69.2 Å². The summed E-state index contributed by atoms with van der Waals surface area (Å²) in [5.74, 6) is -8.47. The van der Waals surface area contributed by atoms with E-state index in [1.807, 2.05) is 0 Å². The maximum absolute atomic E-state index is 13.0. The van der Waals surface area contributed by atoms with Gasteiger partial charge >= 0.3 is 59.7 Å². The van der Waals surface area contributed by atoms with Crippen LogP contribution in [0.5, 0.6) is 0 Å². The Morgan fingerprint density at radius 3 is 0.655 bits per heavy atom. The molecule has 0 spiro atoms. The quantitative estimate of drug-likeness (QED) is 0.0296. The minimum absolute atomic E-state index is 0.0392. The molecule has 26 nitrogen and oxygen atoms in total. The van der Waals surface area contributed by atoms with Crippen LogP contribution in [-0.4, -0.2) is 196 Å². The van der Waals surface area contributed by atoms with Gasteiger partial charge in [0.15, 0.2) is 0 Å². The van der Waals surface area contributed by atoms with Gasteiger partial charge in [0.05, 0.1) is 40.3 Å². The Kier molecular flexibility index (Phi) is 28.3. The standard InChI is InChI=1S/C58H84O26/c1-33(44(63)75-21-38(59)24-80-49(68)55(8,9)17-34(2)45(64)76-23-40(61)26-82-51(70)57(12,13)19-36(4)47(66)78-31-42-29-73-42)16-54(6,7)50(69)81-25-39(60)22-77-46(65)35(3)18-56(10,11)52(71)83-27-41(62)28-84-53(72)58(14,15)20-37(5)48(67)79-32-43-30-74-43/h38-43,59-62H,1-5,16-32H2,6-15H3. The topological polar surface area (TPSA) is 369 Å². The van der Waals surface area contributed by atoms with Crippen LogP contribution in [0.1, 0.15) is 101 Å². The lowest BCUT2D eigenvalue weighted by Crippen LogP contribution is -2.35. The monoisotopic (exact) mass is 1200 g/mol. The molecule has 0 saturated carbocycles. The zero-order valence-electron chi connectivity index (χ0n) is 49.8. The molecule has 0 aromatic rings. The first-order valence-electron chi connectivity index (χ1n) is 26.8. The van der Waals surface area contributed by atoms with Crippen LogP contribution in [0.15, 0.2) is 60.8 Å². The summed E-state index contributed by atoms with van der Waals surface area (Å²) in [6.07, 6.45) is -7.24. The average molecular weight is 1200 g/mol. The maximum atomic E-state index is 13.0. The van der Waals surface area contributed by atoms with Crippen molar-refractivity contribution in [1.82, 2.24) is 0 Å². The van der Waals surface area contributed by atoms with Crippen LogP contribution in [0, 0.1) is 27.1 Å². The van der Waals surface area contributed by atoms with Crippen molar-refractivity contribution in [2.45, 2.75) is 138 Å². The number of epoxide rings is 2. The minimum atomic E-state index is -1.52. The van der Waals surface area contributed by atoms with Crippen molar-refractivity contribution in [2.24, 2.45) is 27.1 Å². The van der Waals surface area contributed by atoms with E-state index in [0.717, 1.165) is 0 Å². The van der Waals surface area contributed by atoms with Gasteiger partial charge in [-0.3, -0.25) is 24.0 Å². The molecule has 2 fully saturated rings. The second-order valence-electron chi connectivity index (χ2n) is 23.8. The molecule has 84 heavy (non-hydrogen) atoms. The summed E-state index contributed by atoms with van der Waals surface area (Å²) in [6.45, 7) is 29.1. The number of aliphatic hydroxyl groups excluding tert-OH is 4. The third-order valence-electron chi connectivity index (χ3n) is 12.3. The molecule has 0 radical (unpaired) electrons. The number of hydrogen-bond donors (Lipinski definition) is 4. The van der Waals surface area contributed by atoms with Gasteiger partial charge < -0.3 is 77.3 Å². The van der Waals surface area contributed by atoms with Gasteiger partial charge in [-0.15, -0.1) is 0 Å². The van der Waals surface area contributed by atoms with Crippen LogP contribution >= 0.6 is 0 Å². The van der Waals surface area contributed by atoms with E-state index < -0.39 is 164 Å². The number of aliphatic hydroxyl groups is 4. The van der Waals surface area contributed by atoms with E-state index in [9.17, 15) is 68.4 Å². The first-order valence-corrected chi connectivity index (χ1v) is 26.8. The van der Waals surface area contributed by atoms with Crippen LogP contribution in [0.2, 0.25) is 0 Å². The van der Waals surface area contributed by atoms with E-state index in [-0.39, 0.29) is 85.4 Å². The lowest BCUT2D eigenvalue weighted by atomic mass is 9.86. The minimum Gasteiger partial charge on any atom is -0.462 e. The summed E-state index contributed by atoms with van der Waals surface area (Å²) >= 11 is 0. The van der Waals surface area contributed by atoms with E-state index in [2.05, 4.69) is 32.9 Å². The van der Waals surface area contributed by atoms with E-state index in [0.29, 0.717) is 13.2 Å². The highest BCUT2D eigenvalue weighted by molar-refractivity contribution is 5.92. The molecule has 0 aromatic carbocycles. The molecule has 2 saturated heterocycles. The molecule has 2 rings (SSSR count). The number of carbonyl (C=O) groups excluding carboxylic acids is 10. The summed E-state index contributed by atoms with van der Waals surface area (Å²) in [4.78, 5) is 127. The average Bonchev–Trinajstić information content (AvgIpc) is 4.46. The highest BCUT2D eigenvalue weighted by Gasteiger charge is 2.39. The molecule has 2 heterocycles. The van der Waals surface area contributed by atoms with Crippen molar-refractivity contribution >= 4 is 59.7 Å². The third kappa shape index (κ3) is 26.8. The highest BCUT2D eigenvalue weighted by atomic mass is 16.6. The fraction of sp³-hybridized carbons (Fsp3) is 0.655. The van der Waals surface area contributed by atoms with Gasteiger partial charge in [-0.05, 0) is 101 Å². The first kappa shape index (κ1) is 73.3. The van der Waals surface area contributed by atoms with Gasteiger partial charge in [-0.1, -0.05) is 32.9 Å². The fourth-order valence-corrected chi connectivity index (χ4v) is 7.11. The van der Waals surface area contributed by atoms with Crippen molar-refractivity contribution in [3.05, 3.63) is 60.8 Å². The molecule has 0 amide bonds. The van der Waals surface area contributed by atoms with Crippen LogP contribution in [0.4, 0.5) is 0 Å². The van der Waals surface area contributed by atoms with Crippen molar-refractivity contribution < 1.29 is 125 Å². The molecule has 26 heteroatoms. The Hall–Kier alpha value is -6.84. The first-order chi connectivity index (χ1) is 38.7. The Balaban J connectivity index is 1.67. The molecule has 2 aliphatic heterocycles. The fourth-order valence-electron chi connectivity index (χ4n) is 7.11. The van der Waals surface area contributed by atoms with E-state index >= 15 is 0 Å². The van der Waals surface area contributed by atoms with Crippen LogP contribution in [-0.2, 0) is 105 Å². The molecular weight excluding hydrogens is 1110 g/mol. The lowest BCUT2D eigenvalue weighted by molar-refractivity contribution is -0.163. The molecule has 4 N–H and O–H groups in total. The predicted octanol–water partition coefficient (Wildman–Crippen LogP) is 2.52. The second kappa shape index (κ2) is 32.4. The van der Waals surface area contributed by atoms with Crippen molar-refractivity contribution in [2.75, 3.05) is 79.3 Å². The molecule has 472 valence electrons. The Labute approximate surface area is 488 Å². The summed E-state index contributed by atoms with van der Waals surface area (Å²) in [5.41, 5.74) is -7.10. The normalized spacial score (nSPS) is 16.3. The molecule has 6 atom stereocenters. The van der Waals surface area contributed by atoms with Gasteiger partial charge in [0.2, 0.25) is 0 Å². The van der Waals surface area contributed by atoms with Crippen molar-refractivity contribution in [3.63, 3.8) is 0 Å². The second-order valence-corrected chi connectivity index (χ2v) is 23.8. The molecular formula is C58H84O26. The Morgan fingerprint density at radius 1 is 0.333 bits per heavy atom. The van der Waals surface area contributed by atoms with Crippen LogP contribution in [0.3, 0.4) is 0 Å². The number of rotatable bonds is 40. The lowest BCUT2D eigenvalue weighted by Gasteiger charge is -2.25. The summed E-state index contributed by atoms with van der Waals surface area (Å²) in [6, 6.07) is 0. The largest absolute Gasteiger partial charge is 0.462 e. The van der Waals surface area contributed by atoms with Gasteiger partial charge in [0, 0.05) is 27.9 Å². The molecule has 0 bridgehead atoms. The number of carbonyl (C=O) groups is 10. The zero-order valence-corrected chi connectivity index (χ0v) is 49.8. The van der Waals surface area contributed by atoms with Crippen molar-refractivity contribution in [1.29, 1.82) is 0 Å². The predicted molar refractivity (Wildman–Crippen MR) is 291 cm³/mol. The Bertz CT molecular complexity index is 2450. The number of esters is 10. The highest BCUT2D eigenvalue weighted by Crippen LogP contribution is 2.32. The summed E-state index contributed by atoms with van der Waals surface area (Å²) in [5, 5.41) is 41.5. The van der Waals surface area contributed by atoms with Crippen LogP contribution < -0.4 is 0 Å². The maximum Gasteiger partial charge on any atom is 0.333 e.